The fourth-order valence-electron chi connectivity index (χ4n) is 4.49. The van der Waals surface area contributed by atoms with Crippen molar-refractivity contribution in [3.05, 3.63) is 35.6 Å². The molecule has 3 rings (SSSR count). The second-order valence-corrected chi connectivity index (χ2v) is 7.67. The largest absolute Gasteiger partial charge is 0.342 e. The normalized spacial score (nSPS) is 24.3. The Labute approximate surface area is 156 Å². The smallest absolute Gasteiger partial charge is 0.233 e. The van der Waals surface area contributed by atoms with Crippen LogP contribution in [0.1, 0.15) is 57.4 Å². The number of nitrogens with two attached hydrogens (primary N) is 1. The van der Waals surface area contributed by atoms with Gasteiger partial charge in [0, 0.05) is 19.1 Å². The van der Waals surface area contributed by atoms with Crippen molar-refractivity contribution in [3.63, 3.8) is 0 Å². The highest BCUT2D eigenvalue weighted by Gasteiger charge is 2.44. The first-order chi connectivity index (χ1) is 11.5. The van der Waals surface area contributed by atoms with Crippen LogP contribution in [0.3, 0.4) is 0 Å². The third-order valence-corrected chi connectivity index (χ3v) is 5.98. The van der Waals surface area contributed by atoms with E-state index in [9.17, 15) is 9.18 Å². The molecule has 0 aromatic heterocycles. The Balaban J connectivity index is 0.00000225. The van der Waals surface area contributed by atoms with Crippen LogP contribution in [0.25, 0.3) is 0 Å². The minimum Gasteiger partial charge on any atom is -0.342 e. The summed E-state index contributed by atoms with van der Waals surface area (Å²) in [6.45, 7) is 3.58. The topological polar surface area (TPSA) is 46.3 Å². The molecular weight excluding hydrogens is 339 g/mol. The van der Waals surface area contributed by atoms with Gasteiger partial charge in [-0.2, -0.15) is 0 Å². The van der Waals surface area contributed by atoms with Gasteiger partial charge in [-0.15, -0.1) is 12.4 Å². The molecule has 2 N–H and O–H groups in total. The molecule has 1 saturated heterocycles. The van der Waals surface area contributed by atoms with Gasteiger partial charge in [0.15, 0.2) is 0 Å². The molecule has 1 aromatic rings. The molecule has 1 aromatic carbocycles. The molecule has 0 spiro atoms. The number of hydrogen-bond donors (Lipinski definition) is 1. The first-order valence-electron chi connectivity index (χ1n) is 9.34. The zero-order valence-corrected chi connectivity index (χ0v) is 15.9. The molecule has 2 atom stereocenters. The molecular formula is C20H30ClFN2O. The van der Waals surface area contributed by atoms with Gasteiger partial charge in [0.1, 0.15) is 5.82 Å². The second kappa shape index (κ2) is 8.50. The predicted molar refractivity (Wildman–Crippen MR) is 101 cm³/mol. The third-order valence-electron chi connectivity index (χ3n) is 5.98. The zero-order chi connectivity index (χ0) is 17.2. The molecule has 1 saturated carbocycles. The average Bonchev–Trinajstić information content (AvgIpc) is 2.61. The van der Waals surface area contributed by atoms with Gasteiger partial charge in [0.05, 0.1) is 5.41 Å². The summed E-state index contributed by atoms with van der Waals surface area (Å²) in [7, 11) is 0. The summed E-state index contributed by atoms with van der Waals surface area (Å²) in [5, 5.41) is 0. The van der Waals surface area contributed by atoms with Gasteiger partial charge < -0.3 is 10.6 Å². The fourth-order valence-corrected chi connectivity index (χ4v) is 4.49. The summed E-state index contributed by atoms with van der Waals surface area (Å²) in [4.78, 5) is 15.5. The van der Waals surface area contributed by atoms with Crippen LogP contribution < -0.4 is 5.73 Å². The molecule has 0 radical (unpaired) electrons. The molecule has 1 heterocycles. The molecule has 1 amide bonds. The van der Waals surface area contributed by atoms with E-state index in [0.717, 1.165) is 63.6 Å². The number of nitrogens with zero attached hydrogens (tertiary/aromatic N) is 1. The molecule has 140 valence electrons. The molecule has 1 aliphatic heterocycles. The molecule has 2 fully saturated rings. The Morgan fingerprint density at radius 3 is 2.64 bits per heavy atom. The number of likely N-dealkylation sites (tertiary alicyclic amines) is 1. The summed E-state index contributed by atoms with van der Waals surface area (Å²) in [5.74, 6) is 0.311. The van der Waals surface area contributed by atoms with Crippen molar-refractivity contribution in [2.75, 3.05) is 13.1 Å². The van der Waals surface area contributed by atoms with Crippen LogP contribution in [0.5, 0.6) is 0 Å². The van der Waals surface area contributed by atoms with E-state index in [1.165, 1.54) is 6.07 Å². The Morgan fingerprint density at radius 2 is 2.00 bits per heavy atom. The van der Waals surface area contributed by atoms with Crippen molar-refractivity contribution in [3.8, 4) is 0 Å². The summed E-state index contributed by atoms with van der Waals surface area (Å²) in [6.07, 6.45) is 6.99. The van der Waals surface area contributed by atoms with E-state index in [4.69, 9.17) is 5.73 Å². The van der Waals surface area contributed by atoms with Gasteiger partial charge in [0.25, 0.3) is 0 Å². The highest BCUT2D eigenvalue weighted by molar-refractivity contribution is 5.88. The zero-order valence-electron chi connectivity index (χ0n) is 15.0. The monoisotopic (exact) mass is 368 g/mol. The van der Waals surface area contributed by atoms with Crippen molar-refractivity contribution in [2.45, 2.75) is 63.3 Å². The number of amides is 1. The standard InChI is InChI=1S/C20H29FN2O.ClH/c1-15(22)16-7-6-12-23(14-16)19(24)20(10-3-2-4-11-20)17-8-5-9-18(21)13-17;/h5,8-9,13,15-16H,2-4,6-7,10-12,14,22H2,1H3;1H. The second-order valence-electron chi connectivity index (χ2n) is 7.67. The van der Waals surface area contributed by atoms with Crippen LogP contribution in [0, 0.1) is 11.7 Å². The Hall–Kier alpha value is -1.13. The van der Waals surface area contributed by atoms with Crippen molar-refractivity contribution >= 4 is 18.3 Å². The first kappa shape index (κ1) is 20.2. The van der Waals surface area contributed by atoms with Gasteiger partial charge in [-0.3, -0.25) is 4.79 Å². The molecule has 5 heteroatoms. The van der Waals surface area contributed by atoms with Gasteiger partial charge in [-0.25, -0.2) is 4.39 Å². The van der Waals surface area contributed by atoms with Crippen LogP contribution in [0.4, 0.5) is 4.39 Å². The number of carbonyl (C=O) groups is 1. The molecule has 1 aliphatic carbocycles. The fraction of sp³-hybridized carbons (Fsp3) is 0.650. The maximum Gasteiger partial charge on any atom is 0.233 e. The molecule has 0 bridgehead atoms. The molecule has 3 nitrogen and oxygen atoms in total. The van der Waals surface area contributed by atoms with Crippen LogP contribution in [-0.4, -0.2) is 29.9 Å². The van der Waals surface area contributed by atoms with Gasteiger partial charge >= 0.3 is 0 Å². The van der Waals surface area contributed by atoms with Gasteiger partial charge in [0.2, 0.25) is 5.91 Å². The van der Waals surface area contributed by atoms with E-state index in [0.29, 0.717) is 5.92 Å². The highest BCUT2D eigenvalue weighted by Crippen LogP contribution is 2.42. The number of piperidine rings is 1. The molecule has 25 heavy (non-hydrogen) atoms. The SMILES string of the molecule is CC(N)C1CCCN(C(=O)C2(c3cccc(F)c3)CCCCC2)C1.Cl. The van der Waals surface area contributed by atoms with Crippen LogP contribution in [0.15, 0.2) is 24.3 Å². The van der Waals surface area contributed by atoms with E-state index in [2.05, 4.69) is 0 Å². The predicted octanol–water partition coefficient (Wildman–Crippen LogP) is 4.04. The lowest BCUT2D eigenvalue weighted by molar-refractivity contribution is -0.141. The van der Waals surface area contributed by atoms with E-state index < -0.39 is 5.41 Å². The first-order valence-corrected chi connectivity index (χ1v) is 9.34. The van der Waals surface area contributed by atoms with E-state index in [-0.39, 0.29) is 30.2 Å². The van der Waals surface area contributed by atoms with Gasteiger partial charge in [-0.05, 0) is 56.2 Å². The Kier molecular flexibility index (Phi) is 6.86. The van der Waals surface area contributed by atoms with Crippen molar-refractivity contribution in [2.24, 2.45) is 11.7 Å². The summed E-state index contributed by atoms with van der Waals surface area (Å²) < 4.78 is 13.8. The van der Waals surface area contributed by atoms with Crippen molar-refractivity contribution in [1.29, 1.82) is 0 Å². The summed E-state index contributed by atoms with van der Waals surface area (Å²) in [5.41, 5.74) is 6.40. The molecule has 2 unspecified atom stereocenters. The molecule has 2 aliphatic rings. The van der Waals surface area contributed by atoms with Crippen LogP contribution >= 0.6 is 12.4 Å². The lowest BCUT2D eigenvalue weighted by Gasteiger charge is -2.43. The Bertz CT molecular complexity index is 587. The van der Waals surface area contributed by atoms with E-state index >= 15 is 0 Å². The lowest BCUT2D eigenvalue weighted by Crippen LogP contribution is -2.53. The number of halogens is 2. The minimum atomic E-state index is -0.542. The average molecular weight is 369 g/mol. The van der Waals surface area contributed by atoms with Crippen LogP contribution in [0.2, 0.25) is 0 Å². The number of benzene rings is 1. The minimum absolute atomic E-state index is 0. The summed E-state index contributed by atoms with van der Waals surface area (Å²) >= 11 is 0. The van der Waals surface area contributed by atoms with Crippen molar-refractivity contribution in [1.82, 2.24) is 4.90 Å². The number of rotatable bonds is 3. The van der Waals surface area contributed by atoms with Gasteiger partial charge in [-0.1, -0.05) is 31.4 Å². The lowest BCUT2D eigenvalue weighted by atomic mass is 9.68. The maximum atomic E-state index is 13.8. The Morgan fingerprint density at radius 1 is 1.28 bits per heavy atom. The quantitative estimate of drug-likeness (QED) is 0.875. The third kappa shape index (κ3) is 4.17. The number of hydrogen-bond acceptors (Lipinski definition) is 2. The highest BCUT2D eigenvalue weighted by atomic mass is 35.5. The maximum absolute atomic E-state index is 13.8. The number of carbonyl (C=O) groups excluding carboxylic acids is 1. The van der Waals surface area contributed by atoms with E-state index in [1.807, 2.05) is 17.9 Å². The summed E-state index contributed by atoms with van der Waals surface area (Å²) in [6, 6.07) is 6.79. The van der Waals surface area contributed by atoms with Crippen molar-refractivity contribution < 1.29 is 9.18 Å². The van der Waals surface area contributed by atoms with Crippen LogP contribution in [-0.2, 0) is 10.2 Å². The van der Waals surface area contributed by atoms with E-state index in [1.54, 1.807) is 12.1 Å².